The molecule has 9 heteroatoms. The summed E-state index contributed by atoms with van der Waals surface area (Å²) in [7, 11) is 0. The average molecular weight is 354 g/mol. The first kappa shape index (κ1) is 18.1. The highest BCUT2D eigenvalue weighted by Gasteiger charge is 2.56. The molecule has 25 heavy (non-hydrogen) atoms. The van der Waals surface area contributed by atoms with Crippen molar-refractivity contribution in [3.8, 4) is 5.75 Å². The predicted octanol–water partition coefficient (Wildman–Crippen LogP) is -2.08. The van der Waals surface area contributed by atoms with Crippen LogP contribution in [-0.2, 0) is 16.9 Å². The van der Waals surface area contributed by atoms with Crippen LogP contribution in [0, 0.1) is 0 Å². The standard InChI is InChI=1S/C16H22N2O7/c17-4-3-8-6-18(11-2-1-9(20)5-10(8)11)16(24)13(21)12(7-19)25-15(23)14(16)22/h1-2,5-6,12-15,19-24H,3-4,7,17H2/t12-,13-,14+,15?,16+/m1/s1. The van der Waals surface area contributed by atoms with Crippen LogP contribution in [0.5, 0.6) is 5.75 Å². The fourth-order valence-corrected chi connectivity index (χ4v) is 3.35. The van der Waals surface area contributed by atoms with E-state index < -0.39 is 36.9 Å². The van der Waals surface area contributed by atoms with Crippen molar-refractivity contribution in [1.29, 1.82) is 0 Å². The van der Waals surface area contributed by atoms with Gasteiger partial charge in [-0.05, 0) is 36.7 Å². The quantitative estimate of drug-likeness (QED) is 0.329. The Bertz CT molecular complexity index is 764. The number of fused-ring (bicyclic) bond motifs is 1. The Balaban J connectivity index is 2.22. The lowest BCUT2D eigenvalue weighted by Crippen LogP contribution is -2.67. The molecule has 0 saturated carbocycles. The van der Waals surface area contributed by atoms with E-state index in [-0.39, 0.29) is 5.75 Å². The second kappa shape index (κ2) is 6.54. The van der Waals surface area contributed by atoms with Crippen molar-refractivity contribution < 1.29 is 35.4 Å². The van der Waals surface area contributed by atoms with Gasteiger partial charge in [0.25, 0.3) is 0 Å². The molecule has 1 unspecified atom stereocenters. The Morgan fingerprint density at radius 3 is 2.56 bits per heavy atom. The van der Waals surface area contributed by atoms with Gasteiger partial charge in [0.15, 0.2) is 12.4 Å². The number of rotatable bonds is 4. The van der Waals surface area contributed by atoms with Crippen molar-refractivity contribution in [3.63, 3.8) is 0 Å². The summed E-state index contributed by atoms with van der Waals surface area (Å²) in [6.07, 6.45) is -4.77. The Morgan fingerprint density at radius 1 is 1.20 bits per heavy atom. The minimum atomic E-state index is -2.35. The molecular weight excluding hydrogens is 332 g/mol. The Labute approximate surface area is 143 Å². The van der Waals surface area contributed by atoms with Gasteiger partial charge in [-0.3, -0.25) is 0 Å². The summed E-state index contributed by atoms with van der Waals surface area (Å²) in [5.74, 6) is 0.0110. The number of nitrogens with two attached hydrogens (primary N) is 1. The van der Waals surface area contributed by atoms with E-state index in [1.807, 2.05) is 0 Å². The number of hydrogen-bond donors (Lipinski definition) is 7. The zero-order valence-corrected chi connectivity index (χ0v) is 13.4. The van der Waals surface area contributed by atoms with Gasteiger partial charge in [-0.15, -0.1) is 0 Å². The Kier molecular flexibility index (Phi) is 4.73. The van der Waals surface area contributed by atoms with Crippen LogP contribution in [0.1, 0.15) is 5.56 Å². The molecule has 9 nitrogen and oxygen atoms in total. The van der Waals surface area contributed by atoms with Crippen LogP contribution in [0.3, 0.4) is 0 Å². The van der Waals surface area contributed by atoms with Crippen molar-refractivity contribution in [2.45, 2.75) is 36.7 Å². The summed E-state index contributed by atoms with van der Waals surface area (Å²) in [6.45, 7) is -0.355. The van der Waals surface area contributed by atoms with Crippen LogP contribution in [0.15, 0.2) is 24.4 Å². The molecule has 1 saturated heterocycles. The van der Waals surface area contributed by atoms with E-state index in [1.54, 1.807) is 0 Å². The number of nitrogens with zero attached hydrogens (tertiary/aromatic N) is 1. The second-order valence-corrected chi connectivity index (χ2v) is 6.18. The summed E-state index contributed by atoms with van der Waals surface area (Å²) in [5.41, 5.74) is 4.34. The zero-order chi connectivity index (χ0) is 18.4. The summed E-state index contributed by atoms with van der Waals surface area (Å²) in [6, 6.07) is 4.39. The molecule has 0 amide bonds. The van der Waals surface area contributed by atoms with E-state index in [0.717, 1.165) is 0 Å². The minimum Gasteiger partial charge on any atom is -0.508 e. The first-order chi connectivity index (χ1) is 11.8. The van der Waals surface area contributed by atoms with E-state index in [1.165, 1.54) is 29.0 Å². The normalized spacial score (nSPS) is 33.0. The molecule has 1 aliphatic heterocycles. The van der Waals surface area contributed by atoms with Crippen molar-refractivity contribution in [3.05, 3.63) is 30.0 Å². The third-order valence-electron chi connectivity index (χ3n) is 4.66. The topological polar surface area (TPSA) is 162 Å². The molecule has 0 spiro atoms. The molecule has 5 atom stereocenters. The number of ether oxygens (including phenoxy) is 1. The van der Waals surface area contributed by atoms with Gasteiger partial charge >= 0.3 is 0 Å². The highest BCUT2D eigenvalue weighted by molar-refractivity contribution is 5.85. The number of phenolic OH excluding ortho intramolecular Hbond substituents is 1. The monoisotopic (exact) mass is 354 g/mol. The molecule has 1 aromatic heterocycles. The van der Waals surface area contributed by atoms with E-state index in [2.05, 4.69) is 0 Å². The molecule has 0 radical (unpaired) electrons. The van der Waals surface area contributed by atoms with Crippen molar-refractivity contribution >= 4 is 10.9 Å². The molecule has 138 valence electrons. The highest BCUT2D eigenvalue weighted by Crippen LogP contribution is 2.38. The number of phenols is 1. The lowest BCUT2D eigenvalue weighted by atomic mass is 9.91. The van der Waals surface area contributed by atoms with Gasteiger partial charge < -0.3 is 45.7 Å². The summed E-state index contributed by atoms with van der Waals surface area (Å²) < 4.78 is 6.15. The minimum absolute atomic E-state index is 0.0110. The van der Waals surface area contributed by atoms with Gasteiger partial charge in [-0.1, -0.05) is 0 Å². The largest absolute Gasteiger partial charge is 0.508 e. The fourth-order valence-electron chi connectivity index (χ4n) is 3.35. The van der Waals surface area contributed by atoms with E-state index >= 15 is 0 Å². The van der Waals surface area contributed by atoms with Crippen LogP contribution < -0.4 is 5.73 Å². The van der Waals surface area contributed by atoms with E-state index in [9.17, 15) is 30.6 Å². The van der Waals surface area contributed by atoms with Gasteiger partial charge in [0.2, 0.25) is 5.72 Å². The first-order valence-electron chi connectivity index (χ1n) is 7.91. The van der Waals surface area contributed by atoms with E-state index in [0.29, 0.717) is 29.4 Å². The molecule has 3 rings (SSSR count). The lowest BCUT2D eigenvalue weighted by Gasteiger charge is -2.47. The molecule has 2 aromatic rings. The molecule has 8 N–H and O–H groups in total. The fraction of sp³-hybridized carbons (Fsp3) is 0.500. The Hall–Kier alpha value is -1.72. The number of aromatic hydroxyl groups is 1. The molecule has 1 aromatic carbocycles. The molecular formula is C16H22N2O7. The van der Waals surface area contributed by atoms with Crippen molar-refractivity contribution in [1.82, 2.24) is 4.57 Å². The Morgan fingerprint density at radius 2 is 1.92 bits per heavy atom. The number of aliphatic hydroxyl groups excluding tert-OH is 4. The molecule has 0 bridgehead atoms. The van der Waals surface area contributed by atoms with Crippen molar-refractivity contribution in [2.24, 2.45) is 5.73 Å². The SMILES string of the molecule is NCCc1cn([C@]2(O)[C@H](O)[C@@H](CO)OC(O)[C@@H]2O)c2ccc(O)cc12. The molecule has 2 heterocycles. The van der Waals surface area contributed by atoms with Crippen LogP contribution >= 0.6 is 0 Å². The third kappa shape index (κ3) is 2.70. The smallest absolute Gasteiger partial charge is 0.202 e. The van der Waals surface area contributed by atoms with Gasteiger partial charge in [-0.2, -0.15) is 0 Å². The highest BCUT2D eigenvalue weighted by atomic mass is 16.6. The lowest BCUT2D eigenvalue weighted by molar-refractivity contribution is -0.346. The van der Waals surface area contributed by atoms with Gasteiger partial charge in [0.1, 0.15) is 18.0 Å². The van der Waals surface area contributed by atoms with E-state index in [4.69, 9.17) is 10.5 Å². The molecule has 1 fully saturated rings. The summed E-state index contributed by atoms with van der Waals surface area (Å²) in [4.78, 5) is 0. The summed E-state index contributed by atoms with van der Waals surface area (Å²) >= 11 is 0. The maximum absolute atomic E-state index is 11.1. The van der Waals surface area contributed by atoms with Gasteiger partial charge in [-0.25, -0.2) is 0 Å². The first-order valence-corrected chi connectivity index (χ1v) is 7.91. The average Bonchev–Trinajstić information content (AvgIpc) is 2.95. The van der Waals surface area contributed by atoms with Gasteiger partial charge in [0, 0.05) is 11.6 Å². The number of aliphatic hydroxyl groups is 5. The zero-order valence-electron chi connectivity index (χ0n) is 13.4. The molecule has 1 aliphatic rings. The van der Waals surface area contributed by atoms with Crippen LogP contribution in [0.2, 0.25) is 0 Å². The van der Waals surface area contributed by atoms with Gasteiger partial charge in [0.05, 0.1) is 12.1 Å². The third-order valence-corrected chi connectivity index (χ3v) is 4.66. The maximum atomic E-state index is 11.1. The van der Waals surface area contributed by atoms with Crippen LogP contribution in [0.25, 0.3) is 10.9 Å². The second-order valence-electron chi connectivity index (χ2n) is 6.18. The van der Waals surface area contributed by atoms with Crippen LogP contribution in [-0.4, -0.2) is 73.0 Å². The predicted molar refractivity (Wildman–Crippen MR) is 86.5 cm³/mol. The number of benzene rings is 1. The summed E-state index contributed by atoms with van der Waals surface area (Å²) in [5, 5.41) is 61.5. The molecule has 0 aliphatic carbocycles. The van der Waals surface area contributed by atoms with Crippen LogP contribution in [0.4, 0.5) is 0 Å². The maximum Gasteiger partial charge on any atom is 0.202 e. The van der Waals surface area contributed by atoms with Crippen molar-refractivity contribution in [2.75, 3.05) is 13.2 Å². The number of hydrogen-bond acceptors (Lipinski definition) is 8. The number of aromatic nitrogens is 1.